The van der Waals surface area contributed by atoms with Crippen LogP contribution in [0.3, 0.4) is 0 Å². The molecule has 2 unspecified atom stereocenters. The first kappa shape index (κ1) is 76.4. The number of hydrogen-bond acceptors (Lipinski definition) is 8. The highest BCUT2D eigenvalue weighted by Crippen LogP contribution is 2.43. The first-order chi connectivity index (χ1) is 39.8. The van der Waals surface area contributed by atoms with E-state index in [0.29, 0.717) is 12.8 Å². The summed E-state index contributed by atoms with van der Waals surface area (Å²) in [6.45, 7) is 3.55. The molecule has 10 heteroatoms. The molecule has 0 aliphatic heterocycles. The van der Waals surface area contributed by atoms with Gasteiger partial charge in [-0.1, -0.05) is 255 Å². The largest absolute Gasteiger partial charge is 0.472 e. The van der Waals surface area contributed by atoms with Crippen molar-refractivity contribution in [2.75, 3.05) is 26.4 Å². The number of esters is 2. The van der Waals surface area contributed by atoms with Gasteiger partial charge in [-0.05, 0) is 135 Å². The van der Waals surface area contributed by atoms with E-state index in [-0.39, 0.29) is 32.6 Å². The average Bonchev–Trinajstić information content (AvgIpc) is 3.46. The smallest absolute Gasteiger partial charge is 0.462 e. The minimum absolute atomic E-state index is 0.0406. The van der Waals surface area contributed by atoms with Crippen molar-refractivity contribution in [3.8, 4) is 0 Å². The van der Waals surface area contributed by atoms with Crippen LogP contribution in [0.15, 0.2) is 170 Å². The van der Waals surface area contributed by atoms with Crippen molar-refractivity contribution in [2.45, 2.75) is 238 Å². The van der Waals surface area contributed by atoms with E-state index < -0.39 is 32.5 Å². The topological polar surface area (TPSA) is 134 Å². The Bertz CT molecular complexity index is 1930. The molecule has 0 fully saturated rings. The minimum Gasteiger partial charge on any atom is -0.462 e. The van der Waals surface area contributed by atoms with Gasteiger partial charge in [-0.25, -0.2) is 4.57 Å². The highest BCUT2D eigenvalue weighted by Gasteiger charge is 2.26. The van der Waals surface area contributed by atoms with Gasteiger partial charge in [0.2, 0.25) is 0 Å². The molecular weight excluding hydrogens is 1030 g/mol. The van der Waals surface area contributed by atoms with E-state index in [0.717, 1.165) is 154 Å². The van der Waals surface area contributed by atoms with Gasteiger partial charge in [0, 0.05) is 19.4 Å². The van der Waals surface area contributed by atoms with Crippen molar-refractivity contribution >= 4 is 19.8 Å². The van der Waals surface area contributed by atoms with Crippen LogP contribution in [0.1, 0.15) is 232 Å². The molecule has 3 N–H and O–H groups in total. The molecular formula is C71H114NO8P. The molecule has 0 rings (SSSR count). The van der Waals surface area contributed by atoms with Gasteiger partial charge in [-0.3, -0.25) is 18.6 Å². The third-order valence-corrected chi connectivity index (χ3v) is 13.6. The highest BCUT2D eigenvalue weighted by atomic mass is 31.2. The Kier molecular flexibility index (Phi) is 60.8. The first-order valence-electron chi connectivity index (χ1n) is 31.6. The fourth-order valence-corrected chi connectivity index (χ4v) is 8.71. The summed E-state index contributed by atoms with van der Waals surface area (Å²) in [6.07, 6.45) is 95.6. The van der Waals surface area contributed by atoms with Gasteiger partial charge in [0.25, 0.3) is 0 Å². The molecule has 9 nitrogen and oxygen atoms in total. The molecule has 0 bridgehead atoms. The number of rotatable bonds is 57. The van der Waals surface area contributed by atoms with E-state index >= 15 is 0 Å². The van der Waals surface area contributed by atoms with Crippen LogP contribution in [0.4, 0.5) is 0 Å². The second-order valence-electron chi connectivity index (χ2n) is 20.2. The van der Waals surface area contributed by atoms with Crippen molar-refractivity contribution in [1.82, 2.24) is 0 Å². The SMILES string of the molecule is CC/C=C\C/C=C\C/C=C\C/C=C\C/C=C\C/C=C\C/C=C\C/C=C\C/C=C\C/C=C\C/C=C\CCCCCCCCCC(=O)OC(COC(=O)CCCCCCCC/C=C\C/C=C\C/C=C\CCCCC)COP(=O)(O)OCCN. The van der Waals surface area contributed by atoms with E-state index in [1.165, 1.54) is 38.5 Å². The fraction of sp³-hybridized carbons (Fsp3) is 0.577. The molecule has 0 aliphatic rings. The van der Waals surface area contributed by atoms with Crippen LogP contribution >= 0.6 is 7.82 Å². The number of ether oxygens (including phenoxy) is 2. The van der Waals surface area contributed by atoms with Gasteiger partial charge >= 0.3 is 19.8 Å². The van der Waals surface area contributed by atoms with Crippen LogP contribution in [-0.2, 0) is 32.7 Å². The van der Waals surface area contributed by atoms with Gasteiger partial charge in [-0.15, -0.1) is 0 Å². The summed E-state index contributed by atoms with van der Waals surface area (Å²) in [5.74, 6) is -0.867. The molecule has 0 radical (unpaired) electrons. The lowest BCUT2D eigenvalue weighted by Crippen LogP contribution is -2.29. The maximum absolute atomic E-state index is 12.7. The molecule has 0 aliphatic carbocycles. The molecule has 456 valence electrons. The lowest BCUT2D eigenvalue weighted by Gasteiger charge is -2.19. The summed E-state index contributed by atoms with van der Waals surface area (Å²) < 4.78 is 33.0. The molecule has 0 aromatic rings. The molecule has 0 saturated carbocycles. The Balaban J connectivity index is 4.03. The number of phosphoric ester groups is 1. The Morgan fingerprint density at radius 1 is 0.383 bits per heavy atom. The second-order valence-corrected chi connectivity index (χ2v) is 21.6. The summed E-state index contributed by atoms with van der Waals surface area (Å²) in [7, 11) is -4.41. The summed E-state index contributed by atoms with van der Waals surface area (Å²) in [5.41, 5.74) is 5.38. The van der Waals surface area contributed by atoms with Crippen LogP contribution in [0.2, 0.25) is 0 Å². The van der Waals surface area contributed by atoms with E-state index in [9.17, 15) is 19.0 Å². The number of nitrogens with two attached hydrogens (primary N) is 1. The standard InChI is InChI=1S/C71H114NO8P/c1-3-5-7-9-11-13-15-17-19-21-23-24-25-26-27-28-29-30-31-32-33-34-35-36-37-38-39-40-41-42-43-44-46-48-50-52-54-56-58-60-62-64-71(74)80-69(68-79-81(75,76)78-66-65-72)67-77-70(73)63-61-59-57-55-53-51-49-47-45-22-20-18-16-14-12-10-8-6-4-2/h5,7,11-14,17-20,23-24,26-27,29-30,32-33,35-36,38-39,41-42,44-47,69H,3-4,6,8-10,15-16,21-22,25,28,31,34,37,40,43,48-68,72H2,1-2H3,(H,75,76)/b7-5-,13-11-,14-12-,19-17-,20-18-,24-23-,27-26-,30-29-,33-32-,36-35-,39-38-,42-41-,46-44-,47-45-. The van der Waals surface area contributed by atoms with Crippen molar-refractivity contribution in [3.63, 3.8) is 0 Å². The fourth-order valence-electron chi connectivity index (χ4n) is 7.94. The zero-order valence-electron chi connectivity index (χ0n) is 50.9. The second kappa shape index (κ2) is 64.5. The first-order valence-corrected chi connectivity index (χ1v) is 33.1. The molecule has 0 aromatic heterocycles. The Morgan fingerprint density at radius 2 is 0.679 bits per heavy atom. The van der Waals surface area contributed by atoms with Crippen LogP contribution in [0.25, 0.3) is 0 Å². The summed E-state index contributed by atoms with van der Waals surface area (Å²) in [4.78, 5) is 35.2. The van der Waals surface area contributed by atoms with Crippen LogP contribution in [-0.4, -0.2) is 49.3 Å². The van der Waals surface area contributed by atoms with Crippen molar-refractivity contribution in [1.29, 1.82) is 0 Å². The number of unbranched alkanes of at least 4 members (excludes halogenated alkanes) is 16. The molecule has 0 aromatic carbocycles. The number of carbonyl (C=O) groups excluding carboxylic acids is 2. The monoisotopic (exact) mass is 1140 g/mol. The normalized spacial score (nSPS) is 14.2. The number of phosphoric acid groups is 1. The zero-order chi connectivity index (χ0) is 58.7. The predicted molar refractivity (Wildman–Crippen MR) is 348 cm³/mol. The van der Waals surface area contributed by atoms with Gasteiger partial charge in [0.05, 0.1) is 13.2 Å². The van der Waals surface area contributed by atoms with Crippen LogP contribution in [0, 0.1) is 0 Å². The molecule has 0 spiro atoms. The number of allylic oxidation sites excluding steroid dienone is 28. The maximum atomic E-state index is 12.7. The quantitative estimate of drug-likeness (QED) is 0.0264. The molecule has 0 heterocycles. The van der Waals surface area contributed by atoms with E-state index in [1.54, 1.807) is 0 Å². The Morgan fingerprint density at radius 3 is 1.01 bits per heavy atom. The summed E-state index contributed by atoms with van der Waals surface area (Å²) >= 11 is 0. The maximum Gasteiger partial charge on any atom is 0.472 e. The van der Waals surface area contributed by atoms with Crippen LogP contribution in [0.5, 0.6) is 0 Å². The highest BCUT2D eigenvalue weighted by molar-refractivity contribution is 7.47. The molecule has 0 amide bonds. The Hall–Kier alpha value is -4.63. The predicted octanol–water partition coefficient (Wildman–Crippen LogP) is 20.6. The lowest BCUT2D eigenvalue weighted by atomic mass is 10.1. The van der Waals surface area contributed by atoms with E-state index in [2.05, 4.69) is 184 Å². The van der Waals surface area contributed by atoms with Crippen molar-refractivity contribution in [3.05, 3.63) is 170 Å². The van der Waals surface area contributed by atoms with Crippen molar-refractivity contribution in [2.24, 2.45) is 5.73 Å². The molecule has 2 atom stereocenters. The zero-order valence-corrected chi connectivity index (χ0v) is 51.8. The molecule has 0 saturated heterocycles. The van der Waals surface area contributed by atoms with Crippen LogP contribution < -0.4 is 5.73 Å². The number of carbonyl (C=O) groups is 2. The average molecular weight is 1140 g/mol. The third kappa shape index (κ3) is 64.4. The van der Waals surface area contributed by atoms with E-state index in [1.807, 2.05) is 0 Å². The van der Waals surface area contributed by atoms with Crippen molar-refractivity contribution < 1.29 is 37.6 Å². The Labute approximate surface area is 495 Å². The van der Waals surface area contributed by atoms with Gasteiger partial charge in [0.1, 0.15) is 6.61 Å². The van der Waals surface area contributed by atoms with Gasteiger partial charge in [0.15, 0.2) is 6.10 Å². The minimum atomic E-state index is -4.41. The van der Waals surface area contributed by atoms with Gasteiger partial charge < -0.3 is 20.1 Å². The third-order valence-electron chi connectivity index (χ3n) is 12.6. The summed E-state index contributed by atoms with van der Waals surface area (Å²) in [5, 5.41) is 0. The lowest BCUT2D eigenvalue weighted by molar-refractivity contribution is -0.161. The number of hydrogen-bond donors (Lipinski definition) is 2. The van der Waals surface area contributed by atoms with E-state index in [4.69, 9.17) is 24.3 Å². The van der Waals surface area contributed by atoms with Gasteiger partial charge in [-0.2, -0.15) is 0 Å². The molecule has 81 heavy (non-hydrogen) atoms. The summed E-state index contributed by atoms with van der Waals surface area (Å²) in [6, 6.07) is 0.